The van der Waals surface area contributed by atoms with Gasteiger partial charge in [0.25, 0.3) is 0 Å². The van der Waals surface area contributed by atoms with Gasteiger partial charge in [-0.15, -0.1) is 0 Å². The highest BCUT2D eigenvalue weighted by Crippen LogP contribution is 2.63. The van der Waals surface area contributed by atoms with E-state index in [4.69, 9.17) is 23.4 Å². The molecule has 6 nitrogen and oxygen atoms in total. The van der Waals surface area contributed by atoms with Gasteiger partial charge in [-0.3, -0.25) is 0 Å². The van der Waals surface area contributed by atoms with E-state index in [1.807, 2.05) is 36.4 Å². The molecule has 2 aromatic carbocycles. The molecule has 7 rings (SSSR count). The van der Waals surface area contributed by atoms with Crippen LogP contribution in [0, 0.1) is 5.41 Å². The lowest BCUT2D eigenvalue weighted by molar-refractivity contribution is -0.228. The molecule has 3 aliphatic carbocycles. The lowest BCUT2D eigenvalue weighted by Gasteiger charge is -2.58. The van der Waals surface area contributed by atoms with Crippen LogP contribution in [0.15, 0.2) is 83.0 Å². The first kappa shape index (κ1) is 31.5. The highest BCUT2D eigenvalue weighted by molar-refractivity contribution is 6.74. The van der Waals surface area contributed by atoms with Crippen LogP contribution in [0.5, 0.6) is 0 Å². The molecule has 45 heavy (non-hydrogen) atoms. The quantitative estimate of drug-likeness (QED) is 0.271. The fourth-order valence-corrected chi connectivity index (χ4v) is 9.63. The molecule has 0 aromatic heterocycles. The van der Waals surface area contributed by atoms with Crippen molar-refractivity contribution in [2.24, 2.45) is 5.41 Å². The maximum absolute atomic E-state index is 11.9. The second-order valence-corrected chi connectivity index (χ2v) is 20.6. The molecule has 8 atom stereocenters. The number of aliphatic hydroxyl groups excluding tert-OH is 1. The number of fused-ring (bicyclic) bond motifs is 2. The Kier molecular flexibility index (Phi) is 7.68. The molecule has 2 bridgehead atoms. The summed E-state index contributed by atoms with van der Waals surface area (Å²) >= 11 is 0. The van der Waals surface area contributed by atoms with Gasteiger partial charge < -0.3 is 28.5 Å². The van der Waals surface area contributed by atoms with Crippen molar-refractivity contribution >= 4 is 8.32 Å². The first-order valence-corrected chi connectivity index (χ1v) is 19.7. The topological polar surface area (TPSA) is 66.4 Å². The number of ether oxygens (including phenoxy) is 4. The lowest BCUT2D eigenvalue weighted by Crippen LogP contribution is -2.63. The van der Waals surface area contributed by atoms with Gasteiger partial charge in [-0.2, -0.15) is 0 Å². The zero-order chi connectivity index (χ0) is 31.9. The summed E-state index contributed by atoms with van der Waals surface area (Å²) in [6.45, 7) is 18.4. The summed E-state index contributed by atoms with van der Waals surface area (Å²) in [5.74, 6) is 0. The van der Waals surface area contributed by atoms with Crippen LogP contribution >= 0.6 is 0 Å². The molecule has 2 saturated heterocycles. The SMILES string of the molecule is CC1=C2C[C@@H]3O[C@@H](c4ccccc4)O[C@H]4CC[C@@H](O)C(=C43)[C@@H]3O[C@H](c4ccccc4)O[C@@]3(C[C@@H]1O[Si](C)(C)C(C)(C)C)C2(C)C. The van der Waals surface area contributed by atoms with Gasteiger partial charge >= 0.3 is 0 Å². The Morgan fingerprint density at radius 1 is 0.822 bits per heavy atom. The minimum absolute atomic E-state index is 0.0544. The first-order chi connectivity index (χ1) is 21.2. The molecule has 2 fully saturated rings. The molecular weight excluding hydrogens is 580 g/mol. The van der Waals surface area contributed by atoms with Crippen LogP contribution in [0.25, 0.3) is 0 Å². The Balaban J connectivity index is 1.42. The minimum Gasteiger partial charge on any atom is -0.410 e. The van der Waals surface area contributed by atoms with Crippen LogP contribution in [0.3, 0.4) is 0 Å². The van der Waals surface area contributed by atoms with Gasteiger partial charge in [-0.25, -0.2) is 0 Å². The average molecular weight is 631 g/mol. The van der Waals surface area contributed by atoms with E-state index in [2.05, 4.69) is 78.9 Å². The number of rotatable bonds is 4. The third kappa shape index (κ3) is 4.96. The predicted octanol–water partition coefficient (Wildman–Crippen LogP) is 8.31. The van der Waals surface area contributed by atoms with Crippen LogP contribution in [0.1, 0.15) is 90.9 Å². The Morgan fingerprint density at radius 2 is 1.42 bits per heavy atom. The smallest absolute Gasteiger partial charge is 0.192 e. The van der Waals surface area contributed by atoms with E-state index in [0.29, 0.717) is 19.3 Å². The predicted molar refractivity (Wildman–Crippen MR) is 177 cm³/mol. The van der Waals surface area contributed by atoms with Gasteiger partial charge in [0.1, 0.15) is 11.7 Å². The van der Waals surface area contributed by atoms with Crippen LogP contribution < -0.4 is 0 Å². The van der Waals surface area contributed by atoms with Crippen molar-refractivity contribution in [3.63, 3.8) is 0 Å². The molecule has 0 amide bonds. The van der Waals surface area contributed by atoms with E-state index in [-0.39, 0.29) is 23.4 Å². The van der Waals surface area contributed by atoms with Gasteiger partial charge in [-0.1, -0.05) is 101 Å². The van der Waals surface area contributed by atoms with E-state index < -0.39 is 44.1 Å². The summed E-state index contributed by atoms with van der Waals surface area (Å²) < 4.78 is 35.3. The van der Waals surface area contributed by atoms with Crippen LogP contribution in [0.4, 0.5) is 0 Å². The molecule has 2 heterocycles. The standard InChI is InChI=1S/C38H50O6Si/c1-23-26-21-29-32-28(40-34(41-29)24-15-11-9-12-16-24)20-19-27(39)31(32)33-38(37(26,5)6,22-30(23)44-45(7,8)36(2,3)4)43-35(42-33)25-17-13-10-14-18-25/h9-18,27-30,33-35,39H,19-22H2,1-8H3/t27-,28+,29+,30+,33+,34+,35+,38-/m1/s1. The summed E-state index contributed by atoms with van der Waals surface area (Å²) in [4.78, 5) is 0. The number of aliphatic hydroxyl groups is 1. The normalized spacial score (nSPS) is 36.2. The Morgan fingerprint density at radius 3 is 2.04 bits per heavy atom. The van der Waals surface area contributed by atoms with Crippen molar-refractivity contribution < 1.29 is 28.5 Å². The highest BCUT2D eigenvalue weighted by atomic mass is 28.4. The zero-order valence-electron chi connectivity index (χ0n) is 28.1. The number of hydrogen-bond donors (Lipinski definition) is 1. The lowest BCUT2D eigenvalue weighted by atomic mass is 9.55. The molecule has 1 N–H and O–H groups in total. The molecule has 242 valence electrons. The zero-order valence-corrected chi connectivity index (χ0v) is 29.1. The van der Waals surface area contributed by atoms with E-state index in [1.165, 1.54) is 11.1 Å². The Labute approximate surface area is 269 Å². The van der Waals surface area contributed by atoms with E-state index in [1.54, 1.807) is 0 Å². The third-order valence-corrected chi connectivity index (χ3v) is 16.5. The van der Waals surface area contributed by atoms with E-state index >= 15 is 0 Å². The van der Waals surface area contributed by atoms with Gasteiger partial charge in [0.2, 0.25) is 0 Å². The minimum atomic E-state index is -2.16. The maximum Gasteiger partial charge on any atom is 0.192 e. The van der Waals surface area contributed by atoms with Gasteiger partial charge in [0.05, 0.1) is 24.4 Å². The van der Waals surface area contributed by atoms with Gasteiger partial charge in [-0.05, 0) is 61.0 Å². The molecule has 1 spiro atoms. The fraction of sp³-hybridized carbons (Fsp3) is 0.579. The second-order valence-electron chi connectivity index (χ2n) is 15.8. The molecule has 0 saturated carbocycles. The van der Waals surface area contributed by atoms with E-state index in [0.717, 1.165) is 28.7 Å². The first-order valence-electron chi connectivity index (χ1n) is 16.8. The monoisotopic (exact) mass is 630 g/mol. The van der Waals surface area contributed by atoms with Crippen molar-refractivity contribution in [3.05, 3.63) is 94.1 Å². The van der Waals surface area contributed by atoms with Crippen LogP contribution in [-0.4, -0.2) is 49.5 Å². The molecule has 2 aromatic rings. The second kappa shape index (κ2) is 11.0. The Bertz CT molecular complexity index is 1490. The van der Waals surface area contributed by atoms with E-state index in [9.17, 15) is 5.11 Å². The summed E-state index contributed by atoms with van der Waals surface area (Å²) in [7, 11) is -2.16. The summed E-state index contributed by atoms with van der Waals surface area (Å²) in [5.41, 5.74) is 5.35. The van der Waals surface area contributed by atoms with Crippen LogP contribution in [-0.2, 0) is 23.4 Å². The van der Waals surface area contributed by atoms with Crippen molar-refractivity contribution in [2.75, 3.05) is 0 Å². The van der Waals surface area contributed by atoms with Crippen LogP contribution in [0.2, 0.25) is 18.1 Å². The Hall–Kier alpha value is -2.10. The van der Waals surface area contributed by atoms with Crippen molar-refractivity contribution in [1.82, 2.24) is 0 Å². The highest BCUT2D eigenvalue weighted by Gasteiger charge is 2.67. The summed E-state index contributed by atoms with van der Waals surface area (Å²) in [6.07, 6.45) is -0.0393. The molecule has 0 radical (unpaired) electrons. The largest absolute Gasteiger partial charge is 0.410 e. The molecule has 2 aliphatic heterocycles. The summed E-state index contributed by atoms with van der Waals surface area (Å²) in [6, 6.07) is 20.4. The number of benzene rings is 2. The molecule has 0 unspecified atom stereocenters. The van der Waals surface area contributed by atoms with Crippen molar-refractivity contribution in [3.8, 4) is 0 Å². The van der Waals surface area contributed by atoms with Gasteiger partial charge in [0.15, 0.2) is 20.9 Å². The number of hydrogen-bond acceptors (Lipinski definition) is 6. The summed E-state index contributed by atoms with van der Waals surface area (Å²) in [5, 5.41) is 12.0. The average Bonchev–Trinajstić information content (AvgIpc) is 3.38. The van der Waals surface area contributed by atoms with Crippen molar-refractivity contribution in [1.29, 1.82) is 0 Å². The maximum atomic E-state index is 11.9. The van der Waals surface area contributed by atoms with Gasteiger partial charge in [0, 0.05) is 23.0 Å². The molecule has 5 aliphatic rings. The molecule has 7 heteroatoms. The fourth-order valence-electron chi connectivity index (χ4n) is 8.30. The van der Waals surface area contributed by atoms with Crippen molar-refractivity contribution in [2.45, 2.75) is 134 Å². The third-order valence-electron chi connectivity index (χ3n) is 12.0. The molecular formula is C38H50O6Si.